The zero-order valence-electron chi connectivity index (χ0n) is 27.6. The van der Waals surface area contributed by atoms with Crippen LogP contribution in [0.25, 0.3) is 22.2 Å². The number of aliphatic hydroxyl groups excluding tert-OH is 2. The van der Waals surface area contributed by atoms with Crippen molar-refractivity contribution in [2.24, 2.45) is 5.92 Å². The van der Waals surface area contributed by atoms with Crippen LogP contribution in [-0.4, -0.2) is 62.8 Å². The van der Waals surface area contributed by atoms with E-state index in [0.717, 1.165) is 64.8 Å². The lowest BCUT2D eigenvalue weighted by Gasteiger charge is -2.43. The van der Waals surface area contributed by atoms with E-state index in [4.69, 9.17) is 9.47 Å². The molecule has 0 bridgehead atoms. The molecule has 49 heavy (non-hydrogen) atoms. The van der Waals surface area contributed by atoms with Crippen molar-refractivity contribution in [3.63, 3.8) is 0 Å². The number of nitrogens with one attached hydrogen (secondary N) is 1. The monoisotopic (exact) mass is 658 g/mol. The number of carbonyl (C=O) groups is 1. The van der Waals surface area contributed by atoms with Gasteiger partial charge in [0.15, 0.2) is 6.29 Å². The normalized spacial score (nSPS) is 22.7. The predicted molar refractivity (Wildman–Crippen MR) is 187 cm³/mol. The summed E-state index contributed by atoms with van der Waals surface area (Å²) in [7, 11) is 0. The number of hydrogen-bond donors (Lipinski definition) is 3. The smallest absolute Gasteiger partial charge is 0.271 e. The Morgan fingerprint density at radius 1 is 0.878 bits per heavy atom. The molecule has 5 aromatic rings. The molecule has 2 fully saturated rings. The summed E-state index contributed by atoms with van der Waals surface area (Å²) in [5.41, 5.74) is 7.60. The fourth-order valence-corrected chi connectivity index (χ4v) is 6.93. The van der Waals surface area contributed by atoms with Crippen LogP contribution in [0.2, 0.25) is 0 Å². The van der Waals surface area contributed by atoms with Crippen LogP contribution in [-0.2, 0) is 22.6 Å². The molecular formula is C40H42N4O5. The summed E-state index contributed by atoms with van der Waals surface area (Å²) in [6.07, 6.45) is 2.72. The van der Waals surface area contributed by atoms with Crippen LogP contribution in [0.15, 0.2) is 103 Å². The van der Waals surface area contributed by atoms with Crippen molar-refractivity contribution in [3.8, 4) is 11.1 Å². The minimum absolute atomic E-state index is 0.00235. The van der Waals surface area contributed by atoms with E-state index in [9.17, 15) is 15.0 Å². The van der Waals surface area contributed by atoms with Gasteiger partial charge in [0.2, 0.25) is 0 Å². The van der Waals surface area contributed by atoms with Gasteiger partial charge in [-0.15, -0.1) is 0 Å². The van der Waals surface area contributed by atoms with Crippen LogP contribution < -0.4 is 5.32 Å². The SMILES string of the molecule is C[C@H]1[C@@H](CN2CCC[C@H]2CO)O[C@@H](c2ccc(-c3cccc(CNC(=O)c4cnc5ccccc5n4)c3)cc2)O[C@H]1c1ccc(CO)cc1. The highest BCUT2D eigenvalue weighted by atomic mass is 16.7. The van der Waals surface area contributed by atoms with Crippen molar-refractivity contribution in [2.45, 2.75) is 57.5 Å². The molecule has 5 atom stereocenters. The third-order valence-electron chi connectivity index (χ3n) is 9.83. The van der Waals surface area contributed by atoms with E-state index in [1.165, 1.54) is 6.20 Å². The zero-order chi connectivity index (χ0) is 33.7. The van der Waals surface area contributed by atoms with Gasteiger partial charge in [0.25, 0.3) is 5.91 Å². The van der Waals surface area contributed by atoms with E-state index >= 15 is 0 Å². The molecule has 9 heteroatoms. The van der Waals surface area contributed by atoms with Gasteiger partial charge in [-0.25, -0.2) is 4.98 Å². The first-order valence-electron chi connectivity index (χ1n) is 17.0. The molecule has 9 nitrogen and oxygen atoms in total. The van der Waals surface area contributed by atoms with Crippen LogP contribution in [0.5, 0.6) is 0 Å². The lowest BCUT2D eigenvalue weighted by atomic mass is 9.89. The number of carbonyl (C=O) groups excluding carboxylic acids is 1. The fourth-order valence-electron chi connectivity index (χ4n) is 6.93. The number of ether oxygens (including phenoxy) is 2. The minimum atomic E-state index is -0.562. The second-order valence-electron chi connectivity index (χ2n) is 13.0. The molecule has 3 N–H and O–H groups in total. The number of aliphatic hydroxyl groups is 2. The molecule has 0 aliphatic carbocycles. The van der Waals surface area contributed by atoms with Gasteiger partial charge < -0.3 is 25.0 Å². The molecule has 0 unspecified atom stereocenters. The van der Waals surface area contributed by atoms with Gasteiger partial charge in [-0.1, -0.05) is 85.8 Å². The highest BCUT2D eigenvalue weighted by Gasteiger charge is 2.40. The quantitative estimate of drug-likeness (QED) is 0.168. The lowest BCUT2D eigenvalue weighted by Crippen LogP contribution is -2.46. The number of likely N-dealkylation sites (tertiary alicyclic amines) is 1. The molecule has 4 aromatic carbocycles. The minimum Gasteiger partial charge on any atom is -0.395 e. The van der Waals surface area contributed by atoms with Crippen molar-refractivity contribution >= 4 is 16.9 Å². The van der Waals surface area contributed by atoms with Crippen LogP contribution >= 0.6 is 0 Å². The summed E-state index contributed by atoms with van der Waals surface area (Å²) >= 11 is 0. The first-order chi connectivity index (χ1) is 24.0. The maximum absolute atomic E-state index is 12.9. The highest BCUT2D eigenvalue weighted by molar-refractivity contribution is 5.93. The van der Waals surface area contributed by atoms with E-state index in [2.05, 4.69) is 63.5 Å². The summed E-state index contributed by atoms with van der Waals surface area (Å²) in [5.74, 6) is -0.195. The van der Waals surface area contributed by atoms with Gasteiger partial charge in [0.05, 0.1) is 42.7 Å². The van der Waals surface area contributed by atoms with Crippen molar-refractivity contribution in [1.29, 1.82) is 0 Å². The average Bonchev–Trinajstić information content (AvgIpc) is 3.61. The Labute approximate surface area is 286 Å². The molecule has 0 saturated carbocycles. The predicted octanol–water partition coefficient (Wildman–Crippen LogP) is 5.97. The van der Waals surface area contributed by atoms with Gasteiger partial charge in [-0.05, 0) is 65.4 Å². The molecule has 0 radical (unpaired) electrons. The fraction of sp³-hybridized carbons (Fsp3) is 0.325. The Balaban J connectivity index is 1.06. The second-order valence-corrected chi connectivity index (χ2v) is 13.0. The number of benzene rings is 4. The third-order valence-corrected chi connectivity index (χ3v) is 9.83. The molecule has 7 rings (SSSR count). The van der Waals surface area contributed by atoms with Gasteiger partial charge in [-0.2, -0.15) is 0 Å². The Morgan fingerprint density at radius 3 is 2.43 bits per heavy atom. The van der Waals surface area contributed by atoms with E-state index in [1.807, 2.05) is 60.7 Å². The first-order valence-corrected chi connectivity index (χ1v) is 17.0. The highest BCUT2D eigenvalue weighted by Crippen LogP contribution is 2.42. The van der Waals surface area contributed by atoms with Crippen molar-refractivity contribution in [3.05, 3.63) is 131 Å². The Bertz CT molecular complexity index is 1880. The first kappa shape index (κ1) is 33.0. The number of hydrogen-bond acceptors (Lipinski definition) is 8. The Kier molecular flexibility index (Phi) is 10.1. The van der Waals surface area contributed by atoms with Gasteiger partial charge >= 0.3 is 0 Å². The van der Waals surface area contributed by atoms with E-state index in [0.29, 0.717) is 12.1 Å². The van der Waals surface area contributed by atoms with E-state index in [1.54, 1.807) is 0 Å². The average molecular weight is 659 g/mol. The molecule has 3 heterocycles. The van der Waals surface area contributed by atoms with Gasteiger partial charge in [-0.3, -0.25) is 14.7 Å². The molecule has 2 aliphatic rings. The number of nitrogens with zero attached hydrogens (tertiary/aromatic N) is 3. The largest absolute Gasteiger partial charge is 0.395 e. The maximum Gasteiger partial charge on any atom is 0.271 e. The standard InChI is InChI=1S/C40H42N4O5/c1-26-37(23-44-19-5-8-33(44)25-46)48-40(49-38(26)30-13-11-27(24-45)12-14-30)31-17-15-29(16-18-31)32-7-4-6-28(20-32)21-42-39(47)36-22-41-34-9-2-3-10-35(34)43-36/h2-4,6-7,9-18,20,22,26,33,37-38,40,45-46H,5,8,19,21,23-25H2,1H3,(H,42,47)/t26-,33-,37+,38+,40+/m0/s1. The van der Waals surface area contributed by atoms with Crippen molar-refractivity contribution in [1.82, 2.24) is 20.2 Å². The number of amides is 1. The summed E-state index contributed by atoms with van der Waals surface area (Å²) in [5, 5.41) is 22.5. The van der Waals surface area contributed by atoms with Crippen LogP contribution in [0.3, 0.4) is 0 Å². The molecular weight excluding hydrogens is 616 g/mol. The van der Waals surface area contributed by atoms with E-state index < -0.39 is 6.29 Å². The van der Waals surface area contributed by atoms with Crippen LogP contribution in [0, 0.1) is 5.92 Å². The number of aromatic nitrogens is 2. The summed E-state index contributed by atoms with van der Waals surface area (Å²) in [6, 6.07) is 32.0. The van der Waals surface area contributed by atoms with Crippen LogP contribution in [0.4, 0.5) is 0 Å². The number of para-hydroxylation sites is 2. The van der Waals surface area contributed by atoms with Gasteiger partial charge in [0.1, 0.15) is 5.69 Å². The molecule has 2 saturated heterocycles. The Hall–Kier alpha value is -4.51. The van der Waals surface area contributed by atoms with Crippen molar-refractivity contribution in [2.75, 3.05) is 19.7 Å². The zero-order valence-corrected chi connectivity index (χ0v) is 27.6. The van der Waals surface area contributed by atoms with Gasteiger partial charge in [0, 0.05) is 30.6 Å². The summed E-state index contributed by atoms with van der Waals surface area (Å²) in [6.45, 7) is 4.36. The van der Waals surface area contributed by atoms with Crippen LogP contribution in [0.1, 0.15) is 64.9 Å². The van der Waals surface area contributed by atoms with Crippen molar-refractivity contribution < 1.29 is 24.5 Å². The molecule has 1 aromatic heterocycles. The molecule has 1 amide bonds. The third kappa shape index (κ3) is 7.41. The molecule has 2 aliphatic heterocycles. The maximum atomic E-state index is 12.9. The second kappa shape index (κ2) is 14.9. The summed E-state index contributed by atoms with van der Waals surface area (Å²) in [4.78, 5) is 24.0. The number of fused-ring (bicyclic) bond motifs is 1. The summed E-state index contributed by atoms with van der Waals surface area (Å²) < 4.78 is 13.3. The Morgan fingerprint density at radius 2 is 1.65 bits per heavy atom. The molecule has 0 spiro atoms. The lowest BCUT2D eigenvalue weighted by molar-refractivity contribution is -0.276. The van der Waals surface area contributed by atoms with E-state index in [-0.39, 0.29) is 49.0 Å². The molecule has 252 valence electrons. The topological polar surface area (TPSA) is 117 Å². The number of rotatable bonds is 10.